The van der Waals surface area contributed by atoms with E-state index in [-0.39, 0.29) is 39.2 Å². The van der Waals surface area contributed by atoms with Gasteiger partial charge in [0.05, 0.1) is 16.3 Å². The zero-order valence-electron chi connectivity index (χ0n) is 19.7. The van der Waals surface area contributed by atoms with Crippen LogP contribution in [-0.4, -0.2) is 20.4 Å². The average Bonchev–Trinajstić information content (AvgIpc) is 2.91. The number of aromatic hydroxyl groups is 4. The van der Waals surface area contributed by atoms with Gasteiger partial charge in [0.15, 0.2) is 5.43 Å². The zero-order valence-corrected chi connectivity index (χ0v) is 19.7. The summed E-state index contributed by atoms with van der Waals surface area (Å²) in [6.07, 6.45) is 1.36. The molecule has 0 atom stereocenters. The summed E-state index contributed by atoms with van der Waals surface area (Å²) >= 11 is 0. The number of fused-ring (bicyclic) bond motifs is 2. The molecule has 0 saturated heterocycles. The van der Waals surface area contributed by atoms with Crippen LogP contribution in [0.25, 0.3) is 44.2 Å². The first-order valence-corrected chi connectivity index (χ1v) is 11.4. The fourth-order valence-electron chi connectivity index (χ4n) is 4.01. The molecule has 188 valence electrons. The number of benzene rings is 4. The maximum atomic E-state index is 12.4. The molecular formula is C30H20O8. The lowest BCUT2D eigenvalue weighted by Gasteiger charge is -2.06. The van der Waals surface area contributed by atoms with Crippen molar-refractivity contribution >= 4 is 21.9 Å². The van der Waals surface area contributed by atoms with Gasteiger partial charge < -0.3 is 29.3 Å². The van der Waals surface area contributed by atoms with Crippen LogP contribution in [0, 0.1) is 0 Å². The molecule has 38 heavy (non-hydrogen) atoms. The maximum Gasteiger partial charge on any atom is 0.294 e. The number of phenols is 3. The second-order valence-corrected chi connectivity index (χ2v) is 8.33. The molecule has 0 radical (unpaired) electrons. The van der Waals surface area contributed by atoms with Gasteiger partial charge in [-0.05, 0) is 48.0 Å². The zero-order chi connectivity index (χ0) is 26.8. The minimum Gasteiger partial charge on any atom is -0.508 e. The summed E-state index contributed by atoms with van der Waals surface area (Å²) in [4.78, 5) is 24.7. The van der Waals surface area contributed by atoms with Crippen molar-refractivity contribution in [2.75, 3.05) is 0 Å². The molecule has 2 heterocycles. The lowest BCUT2D eigenvalue weighted by Crippen LogP contribution is -2.05. The summed E-state index contributed by atoms with van der Waals surface area (Å²) in [6, 6.07) is 23.6. The molecule has 0 unspecified atom stereocenters. The topological polar surface area (TPSA) is 141 Å². The van der Waals surface area contributed by atoms with Crippen molar-refractivity contribution in [3.63, 3.8) is 0 Å². The summed E-state index contributed by atoms with van der Waals surface area (Å²) in [6.45, 7) is 0. The van der Waals surface area contributed by atoms with Crippen LogP contribution >= 0.6 is 0 Å². The van der Waals surface area contributed by atoms with Gasteiger partial charge in [-0.25, -0.2) is 0 Å². The molecule has 6 rings (SSSR count). The SMILES string of the molecule is O=c1c(-c2ccc(O)cc2)coc2cc(O)ccc12.O=c1c(-c2ccccc2O)c(O)oc2ccccc12. The Labute approximate surface area is 214 Å². The fourth-order valence-corrected chi connectivity index (χ4v) is 4.01. The van der Waals surface area contributed by atoms with Crippen LogP contribution < -0.4 is 10.9 Å². The van der Waals surface area contributed by atoms with Gasteiger partial charge in [-0.1, -0.05) is 42.5 Å². The molecule has 2 aromatic heterocycles. The van der Waals surface area contributed by atoms with E-state index in [1.54, 1.807) is 54.6 Å². The molecule has 6 aromatic rings. The molecule has 0 bridgehead atoms. The minimum absolute atomic E-state index is 0.0307. The predicted octanol–water partition coefficient (Wildman–Crippen LogP) is 5.74. The predicted molar refractivity (Wildman–Crippen MR) is 142 cm³/mol. The van der Waals surface area contributed by atoms with E-state index in [9.17, 15) is 30.0 Å². The second-order valence-electron chi connectivity index (χ2n) is 8.33. The van der Waals surface area contributed by atoms with Crippen molar-refractivity contribution in [2.24, 2.45) is 0 Å². The largest absolute Gasteiger partial charge is 0.508 e. The Balaban J connectivity index is 0.000000155. The Bertz CT molecular complexity index is 1900. The number of phenolic OH excluding ortho intramolecular Hbond substituents is 3. The highest BCUT2D eigenvalue weighted by molar-refractivity contribution is 5.85. The maximum absolute atomic E-state index is 12.4. The third-order valence-electron chi connectivity index (χ3n) is 5.89. The van der Waals surface area contributed by atoms with Crippen LogP contribution in [0.3, 0.4) is 0 Å². The molecule has 4 aromatic carbocycles. The highest BCUT2D eigenvalue weighted by Crippen LogP contribution is 2.34. The average molecular weight is 508 g/mol. The molecule has 4 N–H and O–H groups in total. The highest BCUT2D eigenvalue weighted by Gasteiger charge is 2.17. The fraction of sp³-hybridized carbons (Fsp3) is 0. The summed E-state index contributed by atoms with van der Waals surface area (Å²) < 4.78 is 10.6. The molecule has 0 amide bonds. The number of rotatable bonds is 2. The van der Waals surface area contributed by atoms with E-state index in [1.807, 2.05) is 0 Å². The van der Waals surface area contributed by atoms with Crippen molar-refractivity contribution in [1.82, 2.24) is 0 Å². The van der Waals surface area contributed by atoms with Gasteiger partial charge in [0.1, 0.15) is 40.2 Å². The van der Waals surface area contributed by atoms with Crippen LogP contribution in [-0.2, 0) is 0 Å². The Morgan fingerprint density at radius 2 is 1.24 bits per heavy atom. The van der Waals surface area contributed by atoms with E-state index in [0.717, 1.165) is 0 Å². The van der Waals surface area contributed by atoms with Crippen LogP contribution in [0.1, 0.15) is 0 Å². The van der Waals surface area contributed by atoms with Crippen molar-refractivity contribution in [2.45, 2.75) is 0 Å². The van der Waals surface area contributed by atoms with E-state index in [0.29, 0.717) is 33.1 Å². The van der Waals surface area contributed by atoms with Gasteiger partial charge in [0.2, 0.25) is 5.43 Å². The molecule has 8 nitrogen and oxygen atoms in total. The first-order chi connectivity index (χ1) is 18.3. The summed E-state index contributed by atoms with van der Waals surface area (Å²) in [5, 5.41) is 39.0. The molecule has 0 spiro atoms. The van der Waals surface area contributed by atoms with E-state index >= 15 is 0 Å². The molecule has 0 aliphatic carbocycles. The van der Waals surface area contributed by atoms with E-state index in [4.69, 9.17) is 8.83 Å². The van der Waals surface area contributed by atoms with Gasteiger partial charge >= 0.3 is 0 Å². The second kappa shape index (κ2) is 9.87. The Hall–Kier alpha value is -5.50. The summed E-state index contributed by atoms with van der Waals surface area (Å²) in [7, 11) is 0. The molecule has 0 fully saturated rings. The molecule has 0 aliphatic rings. The monoisotopic (exact) mass is 508 g/mol. The van der Waals surface area contributed by atoms with Crippen LogP contribution in [0.2, 0.25) is 0 Å². The summed E-state index contributed by atoms with van der Waals surface area (Å²) in [5.41, 5.74) is 1.40. The van der Waals surface area contributed by atoms with Crippen molar-refractivity contribution < 1.29 is 29.3 Å². The highest BCUT2D eigenvalue weighted by atomic mass is 16.5. The smallest absolute Gasteiger partial charge is 0.294 e. The van der Waals surface area contributed by atoms with E-state index < -0.39 is 5.95 Å². The summed E-state index contributed by atoms with van der Waals surface area (Å²) in [5.74, 6) is -0.391. The van der Waals surface area contributed by atoms with Gasteiger partial charge in [0, 0.05) is 11.6 Å². The van der Waals surface area contributed by atoms with Crippen molar-refractivity contribution in [3.05, 3.63) is 118 Å². The third kappa shape index (κ3) is 4.54. The first-order valence-electron chi connectivity index (χ1n) is 11.4. The van der Waals surface area contributed by atoms with Gasteiger partial charge in [-0.15, -0.1) is 0 Å². The molecule has 0 aliphatic heterocycles. The first kappa shape index (κ1) is 24.2. The number of hydrogen-bond donors (Lipinski definition) is 4. The molecular weight excluding hydrogens is 488 g/mol. The third-order valence-corrected chi connectivity index (χ3v) is 5.89. The van der Waals surface area contributed by atoms with Crippen molar-refractivity contribution in [3.8, 4) is 45.4 Å². The standard InChI is InChI=1S/2C15H10O4/c16-10-3-1-9(2-4-10)13-8-19-14-7-11(17)5-6-12(14)15(13)18;16-11-7-3-1-5-9(11)13-14(17)10-6-2-4-8-12(10)19-15(13)18/h1-8,16-17H;1-8,16,18H. The molecule has 8 heteroatoms. The van der Waals surface area contributed by atoms with Crippen LogP contribution in [0.5, 0.6) is 23.2 Å². The quantitative estimate of drug-likeness (QED) is 0.232. The Kier molecular flexibility index (Phi) is 6.28. The minimum atomic E-state index is -0.495. The van der Waals surface area contributed by atoms with Crippen molar-refractivity contribution in [1.29, 1.82) is 0 Å². The number of para-hydroxylation sites is 2. The number of hydrogen-bond acceptors (Lipinski definition) is 8. The lowest BCUT2D eigenvalue weighted by atomic mass is 10.0. The van der Waals surface area contributed by atoms with Gasteiger partial charge in [-0.3, -0.25) is 9.59 Å². The van der Waals surface area contributed by atoms with E-state index in [2.05, 4.69) is 0 Å². The van der Waals surface area contributed by atoms with E-state index in [1.165, 1.54) is 42.7 Å². The Morgan fingerprint density at radius 1 is 0.579 bits per heavy atom. The lowest BCUT2D eigenvalue weighted by molar-refractivity contribution is 0.341. The molecule has 0 saturated carbocycles. The van der Waals surface area contributed by atoms with Crippen LogP contribution in [0.4, 0.5) is 0 Å². The Morgan fingerprint density at radius 3 is 2.00 bits per heavy atom. The van der Waals surface area contributed by atoms with Gasteiger partial charge in [-0.2, -0.15) is 0 Å². The normalized spacial score (nSPS) is 10.7. The van der Waals surface area contributed by atoms with Crippen LogP contribution in [0.15, 0.2) is 116 Å². The van der Waals surface area contributed by atoms with Gasteiger partial charge in [0.25, 0.3) is 5.95 Å².